The number of rotatable bonds is 3. The molecule has 0 rings (SSSR count). The minimum absolute atomic E-state index is 1.44. The maximum absolute atomic E-state index is 11.4. The Labute approximate surface area is 60.4 Å². The largest absolute Gasteiger partial charge is 0.491 e. The smallest absolute Gasteiger partial charge is 0.321 e. The first-order valence-electron chi connectivity index (χ1n) is 2.26. The predicted molar refractivity (Wildman–Crippen MR) is 26.7 cm³/mol. The van der Waals surface area contributed by atoms with Gasteiger partial charge in [0.2, 0.25) is 6.43 Å². The molecule has 0 unspecified atom stereocenters. The maximum Gasteiger partial charge on any atom is 0.491 e. The maximum atomic E-state index is 11.4. The number of alkyl halides is 2. The first kappa shape index (κ1) is 10.2. The van der Waals surface area contributed by atoms with Crippen LogP contribution in [-0.4, -0.2) is 20.8 Å². The van der Waals surface area contributed by atoms with Crippen molar-refractivity contribution in [2.24, 2.45) is 0 Å². The second kappa shape index (κ2) is 3.56. The Hall–Kier alpha value is -0.790. The topological polar surface area (TPSA) is 60.4 Å². The molecule has 11 heavy (non-hydrogen) atoms. The lowest BCUT2D eigenvalue weighted by atomic mass is 10.5. The third kappa shape index (κ3) is 7.10. The zero-order valence-electron chi connectivity index (χ0n) is 4.96. The van der Waals surface area contributed by atoms with Crippen molar-refractivity contribution in [1.29, 1.82) is 0 Å². The third-order valence-electron chi connectivity index (χ3n) is 0.513. The molecular formula is C3H3F3O4S. The van der Waals surface area contributed by atoms with E-state index >= 15 is 0 Å². The fraction of sp³-hybridized carbons (Fsp3) is 0.667. The van der Waals surface area contributed by atoms with Crippen LogP contribution in [0.15, 0.2) is 0 Å². The van der Waals surface area contributed by atoms with Crippen molar-refractivity contribution in [3.05, 3.63) is 0 Å². The van der Waals surface area contributed by atoms with Gasteiger partial charge in [0.25, 0.3) is 0 Å². The van der Waals surface area contributed by atoms with Crippen LogP contribution in [0.3, 0.4) is 0 Å². The van der Waals surface area contributed by atoms with Crippen LogP contribution in [-0.2, 0) is 19.5 Å². The molecule has 0 aromatic heterocycles. The van der Waals surface area contributed by atoms with Crippen LogP contribution in [0, 0.1) is 0 Å². The van der Waals surface area contributed by atoms with Crippen LogP contribution in [0.4, 0.5) is 12.7 Å². The average molecular weight is 192 g/mol. The Morgan fingerprint density at radius 2 is 1.91 bits per heavy atom. The molecule has 0 amide bonds. The van der Waals surface area contributed by atoms with Gasteiger partial charge in [0, 0.05) is 0 Å². The van der Waals surface area contributed by atoms with Gasteiger partial charge in [-0.05, 0) is 0 Å². The highest BCUT2D eigenvalue weighted by Crippen LogP contribution is 2.03. The zero-order chi connectivity index (χ0) is 9.07. The van der Waals surface area contributed by atoms with Gasteiger partial charge >= 0.3 is 16.5 Å². The van der Waals surface area contributed by atoms with Gasteiger partial charge in [0.1, 0.15) is 6.42 Å². The highest BCUT2D eigenvalue weighted by atomic mass is 32.3. The molecule has 0 aromatic carbocycles. The Kier molecular flexibility index (Phi) is 3.30. The summed E-state index contributed by atoms with van der Waals surface area (Å²) in [4.78, 5) is 9.95. The van der Waals surface area contributed by atoms with Gasteiger partial charge in [-0.15, -0.1) is 0 Å². The van der Waals surface area contributed by atoms with E-state index in [9.17, 15) is 25.9 Å². The van der Waals surface area contributed by atoms with Gasteiger partial charge in [0.15, 0.2) is 0 Å². The molecule has 0 aliphatic heterocycles. The summed E-state index contributed by atoms with van der Waals surface area (Å²) in [6, 6.07) is 0. The van der Waals surface area contributed by atoms with Gasteiger partial charge < -0.3 is 4.18 Å². The fourth-order valence-corrected chi connectivity index (χ4v) is 0.561. The Balaban J connectivity index is 3.91. The second-order valence-corrected chi connectivity index (χ2v) is 2.40. The first-order chi connectivity index (χ1) is 4.81. The standard InChI is InChI=1S/C3H3F3O4S/c4-2(5)1-3(7)10-11(6,8)9/h2H,1H2. The SMILES string of the molecule is O=C(CC(F)F)OS(=O)(=O)F. The number of halogens is 3. The molecule has 66 valence electrons. The Bertz CT molecular complexity index is 233. The predicted octanol–water partition coefficient (Wildman–Crippen LogP) is 0.399. The summed E-state index contributed by atoms with van der Waals surface area (Å²) < 4.78 is 55.7. The van der Waals surface area contributed by atoms with Crippen LogP contribution in [0.1, 0.15) is 6.42 Å². The summed E-state index contributed by atoms with van der Waals surface area (Å²) in [5, 5.41) is 0. The lowest BCUT2D eigenvalue weighted by molar-refractivity contribution is -0.136. The molecule has 0 bridgehead atoms. The van der Waals surface area contributed by atoms with Crippen molar-refractivity contribution in [3.63, 3.8) is 0 Å². The van der Waals surface area contributed by atoms with Gasteiger partial charge in [-0.25, -0.2) is 8.78 Å². The summed E-state index contributed by atoms with van der Waals surface area (Å²) in [5.41, 5.74) is 0. The lowest BCUT2D eigenvalue weighted by Crippen LogP contribution is -2.11. The minimum atomic E-state index is -5.45. The molecule has 0 spiro atoms. The molecule has 0 saturated carbocycles. The Morgan fingerprint density at radius 3 is 2.18 bits per heavy atom. The van der Waals surface area contributed by atoms with Gasteiger partial charge in [-0.2, -0.15) is 8.42 Å². The molecule has 8 heteroatoms. The van der Waals surface area contributed by atoms with Gasteiger partial charge in [-0.1, -0.05) is 3.89 Å². The van der Waals surface area contributed by atoms with Crippen molar-refractivity contribution < 1.29 is 30.1 Å². The number of carbonyl (C=O) groups is 1. The van der Waals surface area contributed by atoms with Crippen LogP contribution in [0.2, 0.25) is 0 Å². The highest BCUT2D eigenvalue weighted by molar-refractivity contribution is 7.81. The van der Waals surface area contributed by atoms with Gasteiger partial charge in [0.05, 0.1) is 0 Å². The summed E-state index contributed by atoms with van der Waals surface area (Å²) in [6.07, 6.45) is -4.49. The summed E-state index contributed by atoms with van der Waals surface area (Å²) in [7, 11) is -5.45. The van der Waals surface area contributed by atoms with E-state index in [-0.39, 0.29) is 0 Å². The van der Waals surface area contributed by atoms with E-state index in [1.54, 1.807) is 0 Å². The third-order valence-corrected chi connectivity index (χ3v) is 0.898. The molecule has 0 N–H and O–H groups in total. The summed E-state index contributed by atoms with van der Waals surface area (Å²) >= 11 is 0. The van der Waals surface area contributed by atoms with Crippen molar-refractivity contribution >= 4 is 16.5 Å². The normalized spacial score (nSPS) is 11.6. The van der Waals surface area contributed by atoms with E-state index in [0.717, 1.165) is 0 Å². The van der Waals surface area contributed by atoms with E-state index in [4.69, 9.17) is 0 Å². The zero-order valence-corrected chi connectivity index (χ0v) is 5.78. The number of hydrogen-bond acceptors (Lipinski definition) is 4. The van der Waals surface area contributed by atoms with Crippen LogP contribution in [0.25, 0.3) is 0 Å². The molecule has 0 atom stereocenters. The van der Waals surface area contributed by atoms with Crippen LogP contribution >= 0.6 is 0 Å². The highest BCUT2D eigenvalue weighted by Gasteiger charge is 2.19. The summed E-state index contributed by atoms with van der Waals surface area (Å²) in [6.45, 7) is 0. The monoisotopic (exact) mass is 192 g/mol. The average Bonchev–Trinajstić information content (AvgIpc) is 1.53. The second-order valence-electron chi connectivity index (χ2n) is 1.44. The minimum Gasteiger partial charge on any atom is -0.321 e. The summed E-state index contributed by atoms with van der Waals surface area (Å²) in [5.74, 6) is -1.82. The van der Waals surface area contributed by atoms with E-state index in [2.05, 4.69) is 4.18 Å². The van der Waals surface area contributed by atoms with Crippen LogP contribution < -0.4 is 0 Å². The molecule has 0 radical (unpaired) electrons. The number of carbonyl (C=O) groups excluding carboxylic acids is 1. The van der Waals surface area contributed by atoms with Crippen molar-refractivity contribution in [3.8, 4) is 0 Å². The van der Waals surface area contributed by atoms with Crippen molar-refractivity contribution in [2.75, 3.05) is 0 Å². The number of hydrogen-bond donors (Lipinski definition) is 0. The molecule has 0 aliphatic carbocycles. The van der Waals surface area contributed by atoms with Crippen LogP contribution in [0.5, 0.6) is 0 Å². The van der Waals surface area contributed by atoms with E-state index < -0.39 is 29.3 Å². The fourth-order valence-electron chi connectivity index (χ4n) is 0.271. The lowest BCUT2D eigenvalue weighted by Gasteiger charge is -1.96. The van der Waals surface area contributed by atoms with Crippen molar-refractivity contribution in [1.82, 2.24) is 0 Å². The molecule has 0 aromatic rings. The molecule has 4 nitrogen and oxygen atoms in total. The van der Waals surface area contributed by atoms with Crippen molar-refractivity contribution in [2.45, 2.75) is 12.8 Å². The van der Waals surface area contributed by atoms with Gasteiger partial charge in [-0.3, -0.25) is 4.79 Å². The van der Waals surface area contributed by atoms with E-state index in [1.165, 1.54) is 0 Å². The quantitative estimate of drug-likeness (QED) is 0.607. The molecule has 0 aliphatic rings. The molecule has 0 saturated heterocycles. The van der Waals surface area contributed by atoms with E-state index in [1.807, 2.05) is 0 Å². The molecule has 0 heterocycles. The first-order valence-corrected chi connectivity index (χ1v) is 3.57. The Morgan fingerprint density at radius 1 is 1.45 bits per heavy atom. The molecule has 0 fully saturated rings. The molecular weight excluding hydrogens is 189 g/mol. The van der Waals surface area contributed by atoms with E-state index in [0.29, 0.717) is 0 Å².